The summed E-state index contributed by atoms with van der Waals surface area (Å²) in [6.07, 6.45) is -4.38. The van der Waals surface area contributed by atoms with Crippen molar-refractivity contribution in [2.75, 3.05) is 18.7 Å². The van der Waals surface area contributed by atoms with Crippen molar-refractivity contribution >= 4 is 21.3 Å². The van der Waals surface area contributed by atoms with Gasteiger partial charge in [0, 0.05) is 35.5 Å². The summed E-state index contributed by atoms with van der Waals surface area (Å²) in [5.74, 6) is -7.09. The van der Waals surface area contributed by atoms with Gasteiger partial charge in [-0.3, -0.25) is 4.79 Å². The predicted molar refractivity (Wildman–Crippen MR) is 112 cm³/mol. The Morgan fingerprint density at radius 1 is 1.29 bits per heavy atom. The van der Waals surface area contributed by atoms with Crippen molar-refractivity contribution < 1.29 is 40.4 Å². The normalized spacial score (nSPS) is 26.7. The Balaban J connectivity index is 2.08. The number of hydrogen-bond acceptors (Lipinski definition) is 6. The lowest BCUT2D eigenvalue weighted by atomic mass is 9.77. The van der Waals surface area contributed by atoms with Crippen LogP contribution >= 0.6 is 0 Å². The summed E-state index contributed by atoms with van der Waals surface area (Å²) >= 11 is 0. The van der Waals surface area contributed by atoms with Gasteiger partial charge in [-0.25, -0.2) is 18.4 Å². The highest BCUT2D eigenvalue weighted by Gasteiger charge is 2.65. The highest BCUT2D eigenvalue weighted by atomic mass is 32.2. The van der Waals surface area contributed by atoms with Gasteiger partial charge in [0.05, 0.1) is 16.8 Å². The number of ether oxygens (including phenoxy) is 2. The summed E-state index contributed by atoms with van der Waals surface area (Å²) in [4.78, 5) is 16.9. The fraction of sp³-hybridized carbons (Fsp3) is 0.429. The molecule has 186 valence electrons. The van der Waals surface area contributed by atoms with Crippen LogP contribution < -0.4 is 10.1 Å². The molecule has 0 aliphatic carbocycles. The van der Waals surface area contributed by atoms with Gasteiger partial charge in [-0.05, 0) is 25.1 Å². The fourth-order valence-corrected chi connectivity index (χ4v) is 4.57. The first-order valence-electron chi connectivity index (χ1n) is 9.89. The highest BCUT2D eigenvalue weighted by Crippen LogP contribution is 2.55. The number of pyridine rings is 1. The summed E-state index contributed by atoms with van der Waals surface area (Å²) in [7, 11) is -2.21. The first-order valence-corrected chi connectivity index (χ1v) is 11.9. The second-order valence-electron chi connectivity index (χ2n) is 8.16. The van der Waals surface area contributed by atoms with Gasteiger partial charge < -0.3 is 14.8 Å². The van der Waals surface area contributed by atoms with Crippen LogP contribution in [0.15, 0.2) is 35.5 Å². The van der Waals surface area contributed by atoms with Crippen molar-refractivity contribution in [3.63, 3.8) is 0 Å². The summed E-state index contributed by atoms with van der Waals surface area (Å²) in [6, 6.07) is 4.24. The van der Waals surface area contributed by atoms with Crippen LogP contribution in [0, 0.1) is 22.3 Å². The van der Waals surface area contributed by atoms with Gasteiger partial charge in [-0.15, -0.1) is 0 Å². The topological polar surface area (TPSA) is 101 Å². The maximum absolute atomic E-state index is 14.4. The number of carbonyl (C=O) groups excluding carboxylic acids is 1. The van der Waals surface area contributed by atoms with Gasteiger partial charge in [-0.1, -0.05) is 13.0 Å². The minimum absolute atomic E-state index is 0.0182. The van der Waals surface area contributed by atoms with Crippen LogP contribution in [0.5, 0.6) is 5.75 Å². The zero-order valence-electron chi connectivity index (χ0n) is 18.5. The molecule has 1 aromatic heterocycles. The van der Waals surface area contributed by atoms with E-state index < -0.39 is 62.7 Å². The number of nitrogens with zero attached hydrogens (tertiary/aromatic N) is 1. The van der Waals surface area contributed by atoms with E-state index >= 15 is 0 Å². The molecular weight excluding hydrogens is 485 g/mol. The number of nitrogens with one attached hydrogen (secondary N) is 2. The smallest absolute Gasteiger partial charge is 0.417 e. The van der Waals surface area contributed by atoms with E-state index in [1.807, 2.05) is 0 Å². The van der Waals surface area contributed by atoms with E-state index in [0.29, 0.717) is 0 Å². The van der Waals surface area contributed by atoms with Crippen molar-refractivity contribution in [3.05, 3.63) is 47.7 Å². The zero-order chi connectivity index (χ0) is 25.6. The Kier molecular flexibility index (Phi) is 6.66. The number of amides is 1. The van der Waals surface area contributed by atoms with Crippen molar-refractivity contribution in [2.24, 2.45) is 5.92 Å². The molecule has 1 amide bonds. The minimum atomic E-state index is -4.89. The molecule has 0 bridgehead atoms. The second kappa shape index (κ2) is 8.77. The maximum atomic E-state index is 14.4. The summed E-state index contributed by atoms with van der Waals surface area (Å²) in [6.45, 7) is 1.98. The number of benzene rings is 1. The van der Waals surface area contributed by atoms with E-state index in [4.69, 9.17) is 14.3 Å². The molecule has 1 aliphatic heterocycles. The van der Waals surface area contributed by atoms with E-state index in [1.165, 1.54) is 19.2 Å². The molecule has 1 aromatic carbocycles. The number of methoxy groups -OCH3 is 1. The number of rotatable bonds is 5. The SMILES string of the molecule is COc1c([C@H]2[C@H](C(=O)Nc3ccnc([S@@](C)(=N)=O)c3)O[C@@](C)(C(F)(F)F)[C@H]2C)ccc(F)c1F. The molecule has 2 heterocycles. The van der Waals surface area contributed by atoms with Gasteiger partial charge in [-0.2, -0.15) is 17.6 Å². The molecule has 0 saturated carbocycles. The van der Waals surface area contributed by atoms with Crippen LogP contribution in [0.4, 0.5) is 27.6 Å². The molecule has 3 rings (SSSR count). The molecule has 13 heteroatoms. The molecule has 0 unspecified atom stereocenters. The van der Waals surface area contributed by atoms with Crippen LogP contribution in [0.25, 0.3) is 0 Å². The Morgan fingerprint density at radius 3 is 2.50 bits per heavy atom. The highest BCUT2D eigenvalue weighted by molar-refractivity contribution is 7.91. The molecule has 7 nitrogen and oxygen atoms in total. The lowest BCUT2D eigenvalue weighted by molar-refractivity contribution is -0.272. The number of carbonyl (C=O) groups is 1. The third-order valence-electron chi connectivity index (χ3n) is 5.97. The zero-order valence-corrected chi connectivity index (χ0v) is 19.3. The van der Waals surface area contributed by atoms with E-state index in [9.17, 15) is 31.0 Å². The second-order valence-corrected chi connectivity index (χ2v) is 10.3. The van der Waals surface area contributed by atoms with E-state index in [1.54, 1.807) is 0 Å². The Hall–Kier alpha value is -2.80. The van der Waals surface area contributed by atoms with Crippen molar-refractivity contribution in [1.82, 2.24) is 4.98 Å². The minimum Gasteiger partial charge on any atom is -0.493 e. The summed E-state index contributed by atoms with van der Waals surface area (Å²) in [5, 5.41) is 2.23. The predicted octanol–water partition coefficient (Wildman–Crippen LogP) is 4.48. The Bertz CT molecular complexity index is 1220. The van der Waals surface area contributed by atoms with Gasteiger partial charge in [0.1, 0.15) is 11.1 Å². The largest absolute Gasteiger partial charge is 0.493 e. The average molecular weight is 507 g/mol. The Morgan fingerprint density at radius 2 is 1.94 bits per heavy atom. The van der Waals surface area contributed by atoms with E-state index in [0.717, 1.165) is 38.5 Å². The van der Waals surface area contributed by atoms with Gasteiger partial charge in [0.25, 0.3) is 5.91 Å². The van der Waals surface area contributed by atoms with Crippen LogP contribution in [0.3, 0.4) is 0 Å². The number of alkyl halides is 3. The number of halogens is 5. The van der Waals surface area contributed by atoms with E-state index in [2.05, 4.69) is 10.3 Å². The number of anilines is 1. The molecule has 2 aromatic rings. The van der Waals surface area contributed by atoms with Crippen molar-refractivity contribution in [2.45, 2.75) is 42.7 Å². The lowest BCUT2D eigenvalue weighted by Gasteiger charge is -2.32. The van der Waals surface area contributed by atoms with Crippen LogP contribution in [-0.2, 0) is 19.3 Å². The monoisotopic (exact) mass is 507 g/mol. The molecule has 1 aliphatic rings. The first kappa shape index (κ1) is 25.8. The van der Waals surface area contributed by atoms with Crippen molar-refractivity contribution in [3.8, 4) is 5.75 Å². The first-order chi connectivity index (χ1) is 15.6. The third kappa shape index (κ3) is 4.45. The molecule has 2 N–H and O–H groups in total. The van der Waals surface area contributed by atoms with Crippen LogP contribution in [-0.4, -0.2) is 46.3 Å². The summed E-state index contributed by atoms with van der Waals surface area (Å²) < 4.78 is 99.8. The standard InChI is InChI=1S/C21H22F5N3O4S/c1-10-15(12-5-6-13(22)16(23)17(12)32-3)18(33-20(10,2)21(24,25)26)19(30)29-11-7-8-28-14(9-11)34(4,27)31/h5-10,15,18,27H,1-4H3,(H,28,29,30)/t10-,15-,18+,20+,34-/m0/s1. The number of hydrogen-bond donors (Lipinski definition) is 2. The molecule has 0 radical (unpaired) electrons. The molecule has 0 spiro atoms. The quantitative estimate of drug-likeness (QED) is 0.581. The van der Waals surface area contributed by atoms with Gasteiger partial charge >= 0.3 is 6.18 Å². The third-order valence-corrected chi connectivity index (χ3v) is 6.99. The van der Waals surface area contributed by atoms with E-state index in [-0.39, 0.29) is 16.3 Å². The molecule has 1 saturated heterocycles. The maximum Gasteiger partial charge on any atom is 0.417 e. The average Bonchev–Trinajstić information content (AvgIpc) is 3.01. The Labute approximate surface area is 192 Å². The lowest BCUT2D eigenvalue weighted by Crippen LogP contribution is -2.47. The molecule has 1 fully saturated rings. The van der Waals surface area contributed by atoms with Gasteiger partial charge in [0.2, 0.25) is 5.82 Å². The fourth-order valence-electron chi connectivity index (χ4n) is 3.95. The summed E-state index contributed by atoms with van der Waals surface area (Å²) in [5.41, 5.74) is -2.94. The van der Waals surface area contributed by atoms with Crippen LogP contribution in [0.2, 0.25) is 0 Å². The number of aromatic nitrogens is 1. The van der Waals surface area contributed by atoms with Crippen molar-refractivity contribution in [1.29, 1.82) is 4.78 Å². The molecule has 34 heavy (non-hydrogen) atoms. The molecular formula is C21H22F5N3O4S. The molecule has 5 atom stereocenters. The van der Waals surface area contributed by atoms with Crippen LogP contribution in [0.1, 0.15) is 25.3 Å². The van der Waals surface area contributed by atoms with Gasteiger partial charge in [0.15, 0.2) is 17.2 Å².